The van der Waals surface area contributed by atoms with Gasteiger partial charge in [-0.15, -0.1) is 0 Å². The number of carbonyl (C=O) groups excluding carboxylic acids is 2. The Hall–Kier alpha value is -1.71. The monoisotopic (exact) mass is 260 g/mol. The lowest BCUT2D eigenvalue weighted by Gasteiger charge is -2.21. The Morgan fingerprint density at radius 3 is 2.68 bits per heavy atom. The van der Waals surface area contributed by atoms with Gasteiger partial charge in [0.2, 0.25) is 11.8 Å². The molecule has 102 valence electrons. The van der Waals surface area contributed by atoms with Crippen molar-refractivity contribution >= 4 is 11.8 Å². The van der Waals surface area contributed by atoms with E-state index in [9.17, 15) is 9.59 Å². The molecule has 1 unspecified atom stereocenters. The molecule has 1 aromatic heterocycles. The molecule has 1 saturated heterocycles. The van der Waals surface area contributed by atoms with Gasteiger partial charge in [-0.3, -0.25) is 19.9 Å². The largest absolute Gasteiger partial charge is 0.296 e. The molecular weight excluding hydrogens is 240 g/mol. The van der Waals surface area contributed by atoms with Crippen molar-refractivity contribution in [3.8, 4) is 0 Å². The van der Waals surface area contributed by atoms with E-state index in [1.165, 1.54) is 5.56 Å². The minimum absolute atomic E-state index is 0.184. The van der Waals surface area contributed by atoms with E-state index in [4.69, 9.17) is 0 Å². The van der Waals surface area contributed by atoms with Gasteiger partial charge in [0.15, 0.2) is 0 Å². The molecule has 19 heavy (non-hydrogen) atoms. The minimum Gasteiger partial charge on any atom is -0.296 e. The van der Waals surface area contributed by atoms with Gasteiger partial charge in [-0.05, 0) is 30.4 Å². The Kier molecular flexibility index (Phi) is 3.98. The maximum Gasteiger partial charge on any atom is 0.235 e. The zero-order chi connectivity index (χ0) is 14.0. The summed E-state index contributed by atoms with van der Waals surface area (Å²) < 4.78 is 0. The Bertz CT molecular complexity index is 509. The van der Waals surface area contributed by atoms with Crippen LogP contribution in [0.2, 0.25) is 0 Å². The van der Waals surface area contributed by atoms with Gasteiger partial charge in [-0.2, -0.15) is 0 Å². The summed E-state index contributed by atoms with van der Waals surface area (Å²) in [6, 6.07) is 3.99. The van der Waals surface area contributed by atoms with Crippen molar-refractivity contribution in [2.45, 2.75) is 51.9 Å². The number of rotatable bonds is 3. The molecule has 1 N–H and O–H groups in total. The topological polar surface area (TPSA) is 59.1 Å². The van der Waals surface area contributed by atoms with E-state index < -0.39 is 0 Å². The standard InChI is InChI=1S/C15H20N2O2/c1-4-12-10(9(2)3)5-7-13(16-12)11-6-8-14(18)17-15(11)19/h5,7,9,11H,4,6,8H2,1-3H3,(H,17,18,19). The fraction of sp³-hybridized carbons (Fsp3) is 0.533. The second-order valence-electron chi connectivity index (χ2n) is 5.28. The Balaban J connectivity index is 2.31. The first-order valence-corrected chi connectivity index (χ1v) is 6.86. The molecule has 0 aromatic carbocycles. The summed E-state index contributed by atoms with van der Waals surface area (Å²) in [5, 5.41) is 2.38. The second-order valence-corrected chi connectivity index (χ2v) is 5.28. The van der Waals surface area contributed by atoms with Crippen molar-refractivity contribution in [3.63, 3.8) is 0 Å². The second kappa shape index (κ2) is 5.51. The fourth-order valence-corrected chi connectivity index (χ4v) is 2.51. The van der Waals surface area contributed by atoms with Crippen LogP contribution in [0.4, 0.5) is 0 Å². The van der Waals surface area contributed by atoms with E-state index in [1.54, 1.807) is 0 Å². The summed E-state index contributed by atoms with van der Waals surface area (Å²) in [6.07, 6.45) is 1.81. The van der Waals surface area contributed by atoms with Gasteiger partial charge in [-0.1, -0.05) is 26.8 Å². The summed E-state index contributed by atoms with van der Waals surface area (Å²) in [4.78, 5) is 27.7. The SMILES string of the molecule is CCc1nc(C2CCC(=O)NC2=O)ccc1C(C)C. The number of aryl methyl sites for hydroxylation is 1. The summed E-state index contributed by atoms with van der Waals surface area (Å²) in [5.41, 5.74) is 3.07. The van der Waals surface area contributed by atoms with Crippen LogP contribution in [0.5, 0.6) is 0 Å². The van der Waals surface area contributed by atoms with Gasteiger partial charge in [0, 0.05) is 12.1 Å². The quantitative estimate of drug-likeness (QED) is 0.848. The van der Waals surface area contributed by atoms with Gasteiger partial charge >= 0.3 is 0 Å². The maximum absolute atomic E-state index is 11.9. The Morgan fingerprint density at radius 1 is 1.37 bits per heavy atom. The summed E-state index contributed by atoms with van der Waals surface area (Å²) in [7, 11) is 0. The predicted octanol–water partition coefficient (Wildman–Crippen LogP) is 2.29. The fourth-order valence-electron chi connectivity index (χ4n) is 2.51. The lowest BCUT2D eigenvalue weighted by molar-refractivity contribution is -0.134. The lowest BCUT2D eigenvalue weighted by Crippen LogP contribution is -2.39. The number of nitrogens with one attached hydrogen (secondary N) is 1. The third-order valence-electron chi connectivity index (χ3n) is 3.58. The minimum atomic E-state index is -0.288. The van der Waals surface area contributed by atoms with Crippen molar-refractivity contribution in [2.24, 2.45) is 0 Å². The van der Waals surface area contributed by atoms with Crippen LogP contribution in [0.15, 0.2) is 12.1 Å². The van der Waals surface area contributed by atoms with Gasteiger partial charge in [-0.25, -0.2) is 0 Å². The molecule has 0 aliphatic carbocycles. The van der Waals surface area contributed by atoms with Crippen LogP contribution in [0.1, 0.15) is 62.4 Å². The van der Waals surface area contributed by atoms with Crippen molar-refractivity contribution in [2.75, 3.05) is 0 Å². The van der Waals surface area contributed by atoms with E-state index in [2.05, 4.69) is 37.1 Å². The maximum atomic E-state index is 11.9. The molecule has 0 spiro atoms. The van der Waals surface area contributed by atoms with Gasteiger partial charge < -0.3 is 0 Å². The zero-order valence-corrected chi connectivity index (χ0v) is 11.7. The molecule has 2 rings (SSSR count). The highest BCUT2D eigenvalue weighted by molar-refractivity contribution is 6.00. The average Bonchev–Trinajstić information content (AvgIpc) is 2.37. The van der Waals surface area contributed by atoms with Crippen LogP contribution in [0.25, 0.3) is 0 Å². The zero-order valence-electron chi connectivity index (χ0n) is 11.7. The summed E-state index contributed by atoms with van der Waals surface area (Å²) in [6.45, 7) is 6.35. The van der Waals surface area contributed by atoms with E-state index >= 15 is 0 Å². The normalized spacial score (nSPS) is 19.7. The highest BCUT2D eigenvalue weighted by Gasteiger charge is 2.29. The van der Waals surface area contributed by atoms with Crippen molar-refractivity contribution in [1.29, 1.82) is 0 Å². The molecule has 1 aliphatic heterocycles. The smallest absolute Gasteiger partial charge is 0.235 e. The van der Waals surface area contributed by atoms with Crippen LogP contribution < -0.4 is 5.32 Å². The van der Waals surface area contributed by atoms with Crippen LogP contribution in [-0.4, -0.2) is 16.8 Å². The van der Waals surface area contributed by atoms with Gasteiger partial charge in [0.1, 0.15) is 0 Å². The molecule has 0 saturated carbocycles. The molecule has 1 aliphatic rings. The number of amides is 2. The predicted molar refractivity (Wildman–Crippen MR) is 72.8 cm³/mol. The molecular formula is C15H20N2O2. The van der Waals surface area contributed by atoms with Gasteiger partial charge in [0.25, 0.3) is 0 Å². The van der Waals surface area contributed by atoms with Gasteiger partial charge in [0.05, 0.1) is 11.6 Å². The van der Waals surface area contributed by atoms with E-state index in [1.807, 2.05) is 6.07 Å². The third kappa shape index (κ3) is 2.83. The molecule has 1 atom stereocenters. The molecule has 0 bridgehead atoms. The first-order valence-electron chi connectivity index (χ1n) is 6.86. The average molecular weight is 260 g/mol. The van der Waals surface area contributed by atoms with E-state index in [-0.39, 0.29) is 17.7 Å². The number of nitrogens with zero attached hydrogens (tertiary/aromatic N) is 1. The molecule has 1 fully saturated rings. The van der Waals surface area contributed by atoms with Crippen molar-refractivity contribution < 1.29 is 9.59 Å². The summed E-state index contributed by atoms with van der Waals surface area (Å²) in [5.74, 6) is -0.263. The lowest BCUT2D eigenvalue weighted by atomic mass is 9.92. The molecule has 1 aromatic rings. The Labute approximate surface area is 113 Å². The number of piperidine rings is 1. The summed E-state index contributed by atoms with van der Waals surface area (Å²) >= 11 is 0. The molecule has 2 heterocycles. The highest BCUT2D eigenvalue weighted by Crippen LogP contribution is 2.26. The number of aromatic nitrogens is 1. The van der Waals surface area contributed by atoms with Crippen LogP contribution in [0.3, 0.4) is 0 Å². The molecule has 0 radical (unpaired) electrons. The third-order valence-corrected chi connectivity index (χ3v) is 3.58. The number of carbonyl (C=O) groups is 2. The number of imide groups is 1. The van der Waals surface area contributed by atoms with Crippen molar-refractivity contribution in [1.82, 2.24) is 10.3 Å². The van der Waals surface area contributed by atoms with Crippen molar-refractivity contribution in [3.05, 3.63) is 29.1 Å². The number of pyridine rings is 1. The molecule has 4 nitrogen and oxygen atoms in total. The highest BCUT2D eigenvalue weighted by atomic mass is 16.2. The number of hydrogen-bond donors (Lipinski definition) is 1. The van der Waals surface area contributed by atoms with Crippen LogP contribution in [0, 0.1) is 0 Å². The van der Waals surface area contributed by atoms with E-state index in [0.717, 1.165) is 17.8 Å². The first-order chi connectivity index (χ1) is 9.02. The number of hydrogen-bond acceptors (Lipinski definition) is 3. The molecule has 2 amide bonds. The first kappa shape index (κ1) is 13.7. The molecule has 4 heteroatoms. The van der Waals surface area contributed by atoms with Crippen LogP contribution >= 0.6 is 0 Å². The Morgan fingerprint density at radius 2 is 2.11 bits per heavy atom. The van der Waals surface area contributed by atoms with E-state index in [0.29, 0.717) is 18.8 Å². The van der Waals surface area contributed by atoms with Crippen LogP contribution in [-0.2, 0) is 16.0 Å².